The third-order valence-corrected chi connectivity index (χ3v) is 5.63. The summed E-state index contributed by atoms with van der Waals surface area (Å²) < 4.78 is 15.3. The van der Waals surface area contributed by atoms with Crippen molar-refractivity contribution in [2.24, 2.45) is 0 Å². The number of aryl methyl sites for hydroxylation is 1. The number of hydrogen-bond donors (Lipinski definition) is 1. The van der Waals surface area contributed by atoms with Crippen LogP contribution in [0.1, 0.15) is 19.4 Å². The summed E-state index contributed by atoms with van der Waals surface area (Å²) in [5, 5.41) is 11.6. The Kier molecular flexibility index (Phi) is 6.36. The summed E-state index contributed by atoms with van der Waals surface area (Å²) in [6.07, 6.45) is 0. The molecule has 0 aliphatic carbocycles. The summed E-state index contributed by atoms with van der Waals surface area (Å²) in [4.78, 5) is 12.5. The van der Waals surface area contributed by atoms with Gasteiger partial charge >= 0.3 is 0 Å². The monoisotopic (exact) mass is 418 g/mol. The van der Waals surface area contributed by atoms with Gasteiger partial charge in [-0.2, -0.15) is 0 Å². The number of rotatable bonds is 6. The lowest BCUT2D eigenvalue weighted by Crippen LogP contribution is -2.23. The van der Waals surface area contributed by atoms with Crippen molar-refractivity contribution in [2.45, 2.75) is 37.7 Å². The third kappa shape index (κ3) is 4.36. The Morgan fingerprint density at radius 3 is 2.71 bits per heavy atom. The molecule has 1 aromatic heterocycles. The van der Waals surface area contributed by atoms with Crippen LogP contribution in [0.3, 0.4) is 0 Å². The maximum absolute atomic E-state index is 13.3. The summed E-state index contributed by atoms with van der Waals surface area (Å²) in [6.45, 7) is 6.51. The van der Waals surface area contributed by atoms with Crippen molar-refractivity contribution < 1.29 is 9.18 Å². The van der Waals surface area contributed by atoms with Gasteiger partial charge < -0.3 is 9.88 Å². The predicted molar refractivity (Wildman–Crippen MR) is 111 cm³/mol. The third-order valence-electron chi connectivity index (χ3n) is 4.26. The summed E-state index contributed by atoms with van der Waals surface area (Å²) in [5.41, 5.74) is 2.57. The van der Waals surface area contributed by atoms with Crippen LogP contribution in [0.5, 0.6) is 0 Å². The second-order valence-corrected chi connectivity index (χ2v) is 7.96. The van der Waals surface area contributed by atoms with E-state index in [0.717, 1.165) is 17.0 Å². The highest BCUT2D eigenvalue weighted by Gasteiger charge is 2.21. The fourth-order valence-corrected chi connectivity index (χ4v) is 3.81. The maximum Gasteiger partial charge on any atom is 0.237 e. The van der Waals surface area contributed by atoms with Gasteiger partial charge in [0, 0.05) is 17.8 Å². The van der Waals surface area contributed by atoms with E-state index in [2.05, 4.69) is 15.5 Å². The largest absolute Gasteiger partial charge is 0.325 e. The van der Waals surface area contributed by atoms with E-state index < -0.39 is 11.1 Å². The Bertz CT molecular complexity index is 1010. The summed E-state index contributed by atoms with van der Waals surface area (Å²) in [7, 11) is 0. The summed E-state index contributed by atoms with van der Waals surface area (Å²) in [5.74, 6) is 0.0265. The summed E-state index contributed by atoms with van der Waals surface area (Å²) in [6, 6.07) is 12.1. The molecule has 3 aromatic rings. The van der Waals surface area contributed by atoms with E-state index in [4.69, 9.17) is 11.6 Å². The molecule has 1 amide bonds. The van der Waals surface area contributed by atoms with Gasteiger partial charge in [0.2, 0.25) is 5.91 Å². The van der Waals surface area contributed by atoms with Crippen molar-refractivity contribution in [2.75, 3.05) is 5.32 Å². The van der Waals surface area contributed by atoms with Crippen molar-refractivity contribution in [3.8, 4) is 11.4 Å². The van der Waals surface area contributed by atoms with Crippen LogP contribution in [0.15, 0.2) is 47.6 Å². The molecule has 0 spiro atoms. The van der Waals surface area contributed by atoms with E-state index in [9.17, 15) is 9.18 Å². The molecule has 2 aromatic carbocycles. The van der Waals surface area contributed by atoms with E-state index in [0.29, 0.717) is 17.4 Å². The summed E-state index contributed by atoms with van der Waals surface area (Å²) >= 11 is 7.09. The second kappa shape index (κ2) is 8.75. The van der Waals surface area contributed by atoms with Gasteiger partial charge in [0.05, 0.1) is 10.3 Å². The van der Waals surface area contributed by atoms with Crippen molar-refractivity contribution in [1.82, 2.24) is 14.8 Å². The number of anilines is 1. The lowest BCUT2D eigenvalue weighted by atomic mass is 10.1. The van der Waals surface area contributed by atoms with Crippen LogP contribution >= 0.6 is 23.4 Å². The fourth-order valence-electron chi connectivity index (χ4n) is 2.71. The molecule has 0 fully saturated rings. The Morgan fingerprint density at radius 2 is 2.04 bits per heavy atom. The normalized spacial score (nSPS) is 12.0. The molecule has 1 heterocycles. The molecule has 0 saturated heterocycles. The standard InChI is InChI=1S/C20H20ClFN4OS/c1-4-26-18(15-8-6-5-7-12(15)2)24-25-20(26)28-13(3)19(27)23-14-9-10-17(22)16(21)11-14/h5-11,13H,4H2,1-3H3,(H,23,27)/t13-/m0/s1. The van der Waals surface area contributed by atoms with Crippen molar-refractivity contribution in [3.63, 3.8) is 0 Å². The van der Waals surface area contributed by atoms with Crippen LogP contribution in [0.4, 0.5) is 10.1 Å². The first-order valence-electron chi connectivity index (χ1n) is 8.82. The number of carbonyl (C=O) groups excluding carboxylic acids is 1. The molecule has 0 radical (unpaired) electrons. The molecule has 0 unspecified atom stereocenters. The molecule has 0 aliphatic rings. The molecule has 3 rings (SSSR count). The smallest absolute Gasteiger partial charge is 0.237 e. The lowest BCUT2D eigenvalue weighted by molar-refractivity contribution is -0.115. The second-order valence-electron chi connectivity index (χ2n) is 6.24. The molecule has 1 N–H and O–H groups in total. The molecule has 0 aliphatic heterocycles. The Balaban J connectivity index is 1.76. The zero-order chi connectivity index (χ0) is 20.3. The quantitative estimate of drug-likeness (QED) is 0.560. The highest BCUT2D eigenvalue weighted by Crippen LogP contribution is 2.29. The van der Waals surface area contributed by atoms with Crippen LogP contribution in [0.2, 0.25) is 5.02 Å². The van der Waals surface area contributed by atoms with Crippen LogP contribution in [-0.2, 0) is 11.3 Å². The van der Waals surface area contributed by atoms with Crippen LogP contribution in [0.25, 0.3) is 11.4 Å². The molecule has 1 atom stereocenters. The molecule has 28 heavy (non-hydrogen) atoms. The minimum absolute atomic E-state index is 0.0355. The maximum atomic E-state index is 13.3. The SMILES string of the molecule is CCn1c(S[C@@H](C)C(=O)Nc2ccc(F)c(Cl)c2)nnc1-c1ccccc1C. The van der Waals surface area contributed by atoms with Gasteiger partial charge in [-0.3, -0.25) is 4.79 Å². The van der Waals surface area contributed by atoms with Gasteiger partial charge in [0.25, 0.3) is 0 Å². The number of nitrogens with zero attached hydrogens (tertiary/aromatic N) is 3. The number of amides is 1. The van der Waals surface area contributed by atoms with Gasteiger partial charge in [-0.05, 0) is 44.5 Å². The van der Waals surface area contributed by atoms with Gasteiger partial charge in [0.1, 0.15) is 5.82 Å². The molecule has 8 heteroatoms. The minimum Gasteiger partial charge on any atom is -0.325 e. The topological polar surface area (TPSA) is 59.8 Å². The van der Waals surface area contributed by atoms with Crippen LogP contribution in [0, 0.1) is 12.7 Å². The van der Waals surface area contributed by atoms with E-state index in [1.807, 2.05) is 42.7 Å². The molecular formula is C20H20ClFN4OS. The zero-order valence-electron chi connectivity index (χ0n) is 15.7. The molecule has 146 valence electrons. The first-order valence-corrected chi connectivity index (χ1v) is 10.1. The van der Waals surface area contributed by atoms with Crippen molar-refractivity contribution in [3.05, 3.63) is 58.9 Å². The fraction of sp³-hybridized carbons (Fsp3) is 0.250. The molecule has 0 saturated carbocycles. The first-order chi connectivity index (χ1) is 13.4. The Morgan fingerprint density at radius 1 is 1.29 bits per heavy atom. The van der Waals surface area contributed by atoms with E-state index >= 15 is 0 Å². The van der Waals surface area contributed by atoms with Crippen molar-refractivity contribution in [1.29, 1.82) is 0 Å². The number of benzene rings is 2. The number of thioether (sulfide) groups is 1. The van der Waals surface area contributed by atoms with Crippen LogP contribution in [-0.4, -0.2) is 25.9 Å². The van der Waals surface area contributed by atoms with Gasteiger partial charge in [-0.15, -0.1) is 10.2 Å². The average molecular weight is 419 g/mol. The zero-order valence-corrected chi connectivity index (χ0v) is 17.3. The van der Waals surface area contributed by atoms with E-state index in [1.54, 1.807) is 6.92 Å². The van der Waals surface area contributed by atoms with Gasteiger partial charge in [-0.1, -0.05) is 47.6 Å². The number of aromatic nitrogens is 3. The number of halogens is 2. The Hall–Kier alpha value is -2.38. The number of carbonyl (C=O) groups is 1. The minimum atomic E-state index is -0.526. The van der Waals surface area contributed by atoms with E-state index in [1.165, 1.54) is 30.0 Å². The predicted octanol–water partition coefficient (Wildman–Crippen LogP) is 5.19. The van der Waals surface area contributed by atoms with Crippen molar-refractivity contribution >= 4 is 35.0 Å². The van der Waals surface area contributed by atoms with Crippen LogP contribution < -0.4 is 5.32 Å². The van der Waals surface area contributed by atoms with Gasteiger partial charge in [0.15, 0.2) is 11.0 Å². The molecule has 0 bridgehead atoms. The average Bonchev–Trinajstić information content (AvgIpc) is 3.07. The lowest BCUT2D eigenvalue weighted by Gasteiger charge is -2.13. The first kappa shape index (κ1) is 20.4. The highest BCUT2D eigenvalue weighted by molar-refractivity contribution is 8.00. The van der Waals surface area contributed by atoms with Gasteiger partial charge in [-0.25, -0.2) is 4.39 Å². The molecular weight excluding hydrogens is 399 g/mol. The van der Waals surface area contributed by atoms with E-state index in [-0.39, 0.29) is 10.9 Å². The highest BCUT2D eigenvalue weighted by atomic mass is 35.5. The Labute approximate surface area is 172 Å². The number of hydrogen-bond acceptors (Lipinski definition) is 4. The number of nitrogens with one attached hydrogen (secondary N) is 1. The molecule has 5 nitrogen and oxygen atoms in total.